The van der Waals surface area contributed by atoms with Gasteiger partial charge in [0.2, 0.25) is 0 Å². The van der Waals surface area contributed by atoms with Gasteiger partial charge in [0.05, 0.1) is 5.02 Å². The lowest BCUT2D eigenvalue weighted by Gasteiger charge is -2.14. The number of hydrogen-bond donors (Lipinski definition) is 2. The quantitative estimate of drug-likeness (QED) is 0.797. The van der Waals surface area contributed by atoms with Gasteiger partial charge in [-0.15, -0.1) is 0 Å². The number of pyridine rings is 1. The Morgan fingerprint density at radius 3 is 3.06 bits per heavy atom. The first-order valence-electron chi connectivity index (χ1n) is 5.81. The molecule has 0 bridgehead atoms. The van der Waals surface area contributed by atoms with Crippen LogP contribution >= 0.6 is 11.6 Å². The average molecular weight is 240 g/mol. The highest BCUT2D eigenvalue weighted by Gasteiger charge is 2.20. The molecular weight excluding hydrogens is 222 g/mol. The lowest BCUT2D eigenvalue weighted by Crippen LogP contribution is -2.36. The van der Waals surface area contributed by atoms with Crippen LogP contribution in [0.2, 0.25) is 5.02 Å². The van der Waals surface area contributed by atoms with Gasteiger partial charge < -0.3 is 10.6 Å². The van der Waals surface area contributed by atoms with E-state index in [2.05, 4.69) is 22.5 Å². The van der Waals surface area contributed by atoms with Gasteiger partial charge in [0.25, 0.3) is 0 Å². The Morgan fingerprint density at radius 2 is 2.38 bits per heavy atom. The van der Waals surface area contributed by atoms with Crippen molar-refractivity contribution < 1.29 is 0 Å². The molecule has 3 nitrogen and oxygen atoms in total. The predicted octanol–water partition coefficient (Wildman–Crippen LogP) is 1.97. The van der Waals surface area contributed by atoms with Crippen LogP contribution in [0.5, 0.6) is 0 Å². The van der Waals surface area contributed by atoms with Crippen LogP contribution in [-0.2, 0) is 6.54 Å². The summed E-state index contributed by atoms with van der Waals surface area (Å²) in [6, 6.07) is 3.19. The molecule has 1 aromatic rings. The molecule has 2 N–H and O–H groups in total. The predicted molar refractivity (Wildman–Crippen MR) is 66.6 cm³/mol. The summed E-state index contributed by atoms with van der Waals surface area (Å²) in [5, 5.41) is 7.68. The van der Waals surface area contributed by atoms with Crippen molar-refractivity contribution in [2.24, 2.45) is 0 Å². The monoisotopic (exact) mass is 239 g/mol. The van der Waals surface area contributed by atoms with Crippen molar-refractivity contribution in [2.75, 3.05) is 6.54 Å². The van der Waals surface area contributed by atoms with Crippen LogP contribution in [0.25, 0.3) is 0 Å². The number of aromatic nitrogens is 1. The molecule has 1 fully saturated rings. The van der Waals surface area contributed by atoms with Gasteiger partial charge in [0.1, 0.15) is 0 Å². The number of nitrogens with zero attached hydrogens (tertiary/aromatic N) is 1. The third-order valence-corrected chi connectivity index (χ3v) is 3.13. The summed E-state index contributed by atoms with van der Waals surface area (Å²) in [6.07, 6.45) is 6.13. The minimum atomic E-state index is 0.463. The van der Waals surface area contributed by atoms with E-state index >= 15 is 0 Å². The van der Waals surface area contributed by atoms with Crippen LogP contribution < -0.4 is 10.6 Å². The van der Waals surface area contributed by atoms with Crippen molar-refractivity contribution >= 4 is 11.6 Å². The van der Waals surface area contributed by atoms with Gasteiger partial charge in [-0.05, 0) is 31.4 Å². The number of hydrogen-bond acceptors (Lipinski definition) is 3. The normalized spacial score (nSPS) is 17.4. The second-order valence-corrected chi connectivity index (χ2v) is 4.84. The van der Waals surface area contributed by atoms with Gasteiger partial charge in [0, 0.05) is 37.6 Å². The van der Waals surface area contributed by atoms with E-state index in [-0.39, 0.29) is 0 Å². The van der Waals surface area contributed by atoms with Gasteiger partial charge in [0.15, 0.2) is 0 Å². The Kier molecular flexibility index (Phi) is 4.16. The zero-order chi connectivity index (χ0) is 11.4. The fourth-order valence-electron chi connectivity index (χ4n) is 1.53. The molecule has 1 aliphatic carbocycles. The maximum atomic E-state index is 6.03. The van der Waals surface area contributed by atoms with E-state index in [4.69, 9.17) is 11.6 Å². The molecule has 88 valence electrons. The topological polar surface area (TPSA) is 37.0 Å². The highest BCUT2D eigenvalue weighted by molar-refractivity contribution is 6.31. The van der Waals surface area contributed by atoms with Crippen LogP contribution in [0.15, 0.2) is 18.5 Å². The Bertz CT molecular complexity index is 339. The summed E-state index contributed by atoms with van der Waals surface area (Å²) >= 11 is 6.03. The van der Waals surface area contributed by atoms with Crippen molar-refractivity contribution in [3.63, 3.8) is 0 Å². The van der Waals surface area contributed by atoms with Crippen LogP contribution in [0, 0.1) is 0 Å². The molecule has 0 amide bonds. The summed E-state index contributed by atoms with van der Waals surface area (Å²) < 4.78 is 0. The van der Waals surface area contributed by atoms with Gasteiger partial charge in [-0.25, -0.2) is 0 Å². The van der Waals surface area contributed by atoms with Crippen LogP contribution in [0.4, 0.5) is 0 Å². The van der Waals surface area contributed by atoms with E-state index in [1.165, 1.54) is 12.8 Å². The van der Waals surface area contributed by atoms with E-state index in [1.54, 1.807) is 12.4 Å². The molecule has 0 aromatic carbocycles. The van der Waals surface area contributed by atoms with E-state index in [1.807, 2.05) is 6.07 Å². The summed E-state index contributed by atoms with van der Waals surface area (Å²) in [5.74, 6) is 0. The van der Waals surface area contributed by atoms with Gasteiger partial charge in [-0.1, -0.05) is 11.6 Å². The second-order valence-electron chi connectivity index (χ2n) is 4.43. The minimum Gasteiger partial charge on any atom is -0.312 e. The second kappa shape index (κ2) is 5.62. The maximum absolute atomic E-state index is 6.03. The molecule has 0 aliphatic heterocycles. The molecule has 16 heavy (non-hydrogen) atoms. The fourth-order valence-corrected chi connectivity index (χ4v) is 1.72. The van der Waals surface area contributed by atoms with Crippen LogP contribution in [0.1, 0.15) is 25.3 Å². The molecule has 0 saturated heterocycles. The Labute approximate surface area is 102 Å². The number of rotatable bonds is 6. The van der Waals surface area contributed by atoms with Crippen LogP contribution in [-0.4, -0.2) is 23.6 Å². The summed E-state index contributed by atoms with van der Waals surface area (Å²) in [4.78, 5) is 3.97. The Hall–Kier alpha value is -0.640. The van der Waals surface area contributed by atoms with Crippen molar-refractivity contribution in [2.45, 2.75) is 38.4 Å². The first-order valence-corrected chi connectivity index (χ1v) is 6.18. The lowest BCUT2D eigenvalue weighted by molar-refractivity contribution is 0.500. The standard InChI is InChI=1S/C12H18ClN3/c1-9(6-16-11-2-3-11)15-7-10-4-5-14-8-12(10)13/h4-5,8-9,11,15-16H,2-3,6-7H2,1H3. The Morgan fingerprint density at radius 1 is 1.56 bits per heavy atom. The molecule has 1 aliphatic rings. The molecule has 1 atom stereocenters. The molecule has 1 saturated carbocycles. The smallest absolute Gasteiger partial charge is 0.0634 e. The number of nitrogens with one attached hydrogen (secondary N) is 2. The summed E-state index contributed by atoms with van der Waals surface area (Å²) in [6.45, 7) is 4.01. The first kappa shape index (κ1) is 11.8. The highest BCUT2D eigenvalue weighted by atomic mass is 35.5. The average Bonchev–Trinajstić information content (AvgIpc) is 3.09. The molecule has 1 heterocycles. The van der Waals surface area contributed by atoms with E-state index in [0.717, 1.165) is 29.7 Å². The van der Waals surface area contributed by atoms with Gasteiger partial charge >= 0.3 is 0 Å². The molecule has 0 radical (unpaired) electrons. The third-order valence-electron chi connectivity index (χ3n) is 2.79. The van der Waals surface area contributed by atoms with Gasteiger partial charge in [-0.2, -0.15) is 0 Å². The van der Waals surface area contributed by atoms with Crippen molar-refractivity contribution in [1.29, 1.82) is 0 Å². The maximum Gasteiger partial charge on any atom is 0.0634 e. The molecule has 1 aromatic heterocycles. The molecule has 1 unspecified atom stereocenters. The largest absolute Gasteiger partial charge is 0.312 e. The molecule has 2 rings (SSSR count). The van der Waals surface area contributed by atoms with Crippen molar-refractivity contribution in [1.82, 2.24) is 15.6 Å². The molecule has 4 heteroatoms. The zero-order valence-electron chi connectivity index (χ0n) is 9.54. The minimum absolute atomic E-state index is 0.463. The van der Waals surface area contributed by atoms with E-state index in [0.29, 0.717) is 6.04 Å². The van der Waals surface area contributed by atoms with E-state index < -0.39 is 0 Å². The Balaban J connectivity index is 1.71. The highest BCUT2D eigenvalue weighted by Crippen LogP contribution is 2.18. The first-order chi connectivity index (χ1) is 7.75. The van der Waals surface area contributed by atoms with Gasteiger partial charge in [-0.3, -0.25) is 4.98 Å². The number of halogens is 1. The fraction of sp³-hybridized carbons (Fsp3) is 0.583. The summed E-state index contributed by atoms with van der Waals surface area (Å²) in [7, 11) is 0. The van der Waals surface area contributed by atoms with Crippen molar-refractivity contribution in [3.8, 4) is 0 Å². The zero-order valence-corrected chi connectivity index (χ0v) is 10.3. The summed E-state index contributed by atoms with van der Waals surface area (Å²) in [5.41, 5.74) is 1.11. The SMILES string of the molecule is CC(CNC1CC1)NCc1ccncc1Cl. The lowest BCUT2D eigenvalue weighted by atomic mass is 10.2. The molecular formula is C12H18ClN3. The molecule has 0 spiro atoms. The van der Waals surface area contributed by atoms with E-state index in [9.17, 15) is 0 Å². The third kappa shape index (κ3) is 3.74. The van der Waals surface area contributed by atoms with Crippen LogP contribution in [0.3, 0.4) is 0 Å². The van der Waals surface area contributed by atoms with Crippen molar-refractivity contribution in [3.05, 3.63) is 29.0 Å².